The normalized spacial score (nSPS) is 11.6. The molecule has 0 N–H and O–H groups in total. The van der Waals surface area contributed by atoms with Crippen LogP contribution in [-0.4, -0.2) is 12.6 Å². The van der Waals surface area contributed by atoms with Crippen molar-refractivity contribution in [2.75, 3.05) is 0 Å². The molecule has 0 aliphatic heterocycles. The Morgan fingerprint density at radius 3 is 2.36 bits per heavy atom. The molecule has 0 unspecified atom stereocenters. The monoisotopic (exact) mass is 186 g/mol. The summed E-state index contributed by atoms with van der Waals surface area (Å²) in [4.78, 5) is 20.6. The standard InChI is InChI=1S/C12H10O2/c13-8-4-7-12(10-14)9-11-5-2-1-3-6-11/h1-10H/b7-4+,12-9+. The summed E-state index contributed by atoms with van der Waals surface area (Å²) in [5, 5.41) is 0. The summed E-state index contributed by atoms with van der Waals surface area (Å²) in [5.41, 5.74) is 1.41. The lowest BCUT2D eigenvalue weighted by atomic mass is 10.1. The average molecular weight is 186 g/mol. The molecule has 0 spiro atoms. The Morgan fingerprint density at radius 1 is 1.07 bits per heavy atom. The molecular formula is C12H10O2. The fraction of sp³-hybridized carbons (Fsp3) is 0. The van der Waals surface area contributed by atoms with Crippen LogP contribution < -0.4 is 0 Å². The van der Waals surface area contributed by atoms with Crippen LogP contribution in [0.25, 0.3) is 6.08 Å². The van der Waals surface area contributed by atoms with Gasteiger partial charge in [-0.15, -0.1) is 0 Å². The number of benzene rings is 1. The van der Waals surface area contributed by atoms with Gasteiger partial charge >= 0.3 is 0 Å². The second kappa shape index (κ2) is 5.65. The van der Waals surface area contributed by atoms with E-state index in [0.29, 0.717) is 18.1 Å². The highest BCUT2D eigenvalue weighted by Crippen LogP contribution is 2.05. The molecule has 2 nitrogen and oxygen atoms in total. The van der Waals surface area contributed by atoms with Crippen LogP contribution in [0.1, 0.15) is 5.56 Å². The smallest absolute Gasteiger partial charge is 0.150 e. The van der Waals surface area contributed by atoms with Gasteiger partial charge in [-0.05, 0) is 23.8 Å². The minimum atomic E-state index is 0.475. The van der Waals surface area contributed by atoms with Crippen molar-refractivity contribution >= 4 is 18.6 Å². The second-order valence-electron chi connectivity index (χ2n) is 2.67. The third kappa shape index (κ3) is 3.19. The fourth-order valence-electron chi connectivity index (χ4n) is 1.01. The molecule has 70 valence electrons. The summed E-state index contributed by atoms with van der Waals surface area (Å²) in [6, 6.07) is 9.45. The van der Waals surface area contributed by atoms with Gasteiger partial charge in [0.2, 0.25) is 0 Å². The van der Waals surface area contributed by atoms with Crippen molar-refractivity contribution in [1.29, 1.82) is 0 Å². The van der Waals surface area contributed by atoms with E-state index in [4.69, 9.17) is 0 Å². The first-order valence-electron chi connectivity index (χ1n) is 4.20. The molecule has 0 radical (unpaired) electrons. The lowest BCUT2D eigenvalue weighted by molar-refractivity contribution is -0.104. The third-order valence-electron chi connectivity index (χ3n) is 1.64. The van der Waals surface area contributed by atoms with Crippen LogP contribution in [0.5, 0.6) is 0 Å². The highest BCUT2D eigenvalue weighted by Gasteiger charge is 1.89. The zero-order chi connectivity index (χ0) is 10.2. The van der Waals surface area contributed by atoms with E-state index < -0.39 is 0 Å². The number of carbonyl (C=O) groups is 2. The fourth-order valence-corrected chi connectivity index (χ4v) is 1.01. The number of hydrogen-bond acceptors (Lipinski definition) is 2. The molecule has 0 fully saturated rings. The molecule has 0 atom stereocenters. The summed E-state index contributed by atoms with van der Waals surface area (Å²) >= 11 is 0. The molecule has 0 aromatic heterocycles. The van der Waals surface area contributed by atoms with Crippen molar-refractivity contribution in [3.8, 4) is 0 Å². The SMILES string of the molecule is O=C/C=C/C(C=O)=C\c1ccccc1. The van der Waals surface area contributed by atoms with Crippen molar-refractivity contribution in [3.63, 3.8) is 0 Å². The van der Waals surface area contributed by atoms with Crippen LogP contribution >= 0.6 is 0 Å². The molecule has 0 heterocycles. The van der Waals surface area contributed by atoms with Gasteiger partial charge in [-0.2, -0.15) is 0 Å². The maximum atomic E-state index is 10.6. The third-order valence-corrected chi connectivity index (χ3v) is 1.64. The van der Waals surface area contributed by atoms with Gasteiger partial charge in [0.25, 0.3) is 0 Å². The van der Waals surface area contributed by atoms with Crippen LogP contribution in [-0.2, 0) is 9.59 Å². The van der Waals surface area contributed by atoms with Crippen molar-refractivity contribution in [1.82, 2.24) is 0 Å². The lowest BCUT2D eigenvalue weighted by Gasteiger charge is -1.92. The number of aldehydes is 2. The van der Waals surface area contributed by atoms with E-state index >= 15 is 0 Å². The Hall–Kier alpha value is -1.96. The maximum Gasteiger partial charge on any atom is 0.150 e. The Labute approximate surface area is 82.6 Å². The molecule has 0 aliphatic rings. The predicted octanol–water partition coefficient (Wildman–Crippen LogP) is 2.02. The Morgan fingerprint density at radius 2 is 1.79 bits per heavy atom. The quantitative estimate of drug-likeness (QED) is 0.409. The van der Waals surface area contributed by atoms with E-state index in [9.17, 15) is 9.59 Å². The molecular weight excluding hydrogens is 176 g/mol. The number of rotatable bonds is 4. The number of allylic oxidation sites excluding steroid dienone is 3. The zero-order valence-corrected chi connectivity index (χ0v) is 7.59. The largest absolute Gasteiger partial charge is 0.299 e. The summed E-state index contributed by atoms with van der Waals surface area (Å²) in [5.74, 6) is 0. The highest BCUT2D eigenvalue weighted by atomic mass is 16.1. The van der Waals surface area contributed by atoms with Crippen LogP contribution in [0.2, 0.25) is 0 Å². The van der Waals surface area contributed by atoms with Crippen LogP contribution in [0, 0.1) is 0 Å². The Bertz CT molecular complexity index is 361. The topological polar surface area (TPSA) is 34.1 Å². The first-order chi connectivity index (χ1) is 6.86. The molecule has 14 heavy (non-hydrogen) atoms. The molecule has 0 amide bonds. The lowest BCUT2D eigenvalue weighted by Crippen LogP contribution is -1.80. The summed E-state index contributed by atoms with van der Waals surface area (Å²) in [6.07, 6.45) is 5.85. The molecule has 0 aliphatic carbocycles. The highest BCUT2D eigenvalue weighted by molar-refractivity contribution is 5.87. The van der Waals surface area contributed by atoms with Crippen molar-refractivity contribution in [3.05, 3.63) is 53.6 Å². The van der Waals surface area contributed by atoms with Gasteiger partial charge < -0.3 is 0 Å². The van der Waals surface area contributed by atoms with E-state index in [1.54, 1.807) is 6.08 Å². The molecule has 0 bridgehead atoms. The zero-order valence-electron chi connectivity index (χ0n) is 7.59. The van der Waals surface area contributed by atoms with Crippen molar-refractivity contribution < 1.29 is 9.59 Å². The number of hydrogen-bond donors (Lipinski definition) is 0. The summed E-state index contributed by atoms with van der Waals surface area (Å²) < 4.78 is 0. The van der Waals surface area contributed by atoms with Gasteiger partial charge in [0.1, 0.15) is 12.6 Å². The Balaban J connectivity index is 2.89. The van der Waals surface area contributed by atoms with Gasteiger partial charge in [0, 0.05) is 5.57 Å². The summed E-state index contributed by atoms with van der Waals surface area (Å²) in [7, 11) is 0. The van der Waals surface area contributed by atoms with Crippen LogP contribution in [0.3, 0.4) is 0 Å². The van der Waals surface area contributed by atoms with Crippen molar-refractivity contribution in [2.24, 2.45) is 0 Å². The van der Waals surface area contributed by atoms with E-state index in [1.807, 2.05) is 30.3 Å². The Kier molecular flexibility index (Phi) is 4.08. The molecule has 1 aromatic carbocycles. The first-order valence-corrected chi connectivity index (χ1v) is 4.20. The van der Waals surface area contributed by atoms with Gasteiger partial charge in [0.05, 0.1) is 0 Å². The van der Waals surface area contributed by atoms with E-state index in [0.717, 1.165) is 5.56 Å². The minimum Gasteiger partial charge on any atom is -0.299 e. The minimum absolute atomic E-state index is 0.475. The van der Waals surface area contributed by atoms with Crippen LogP contribution in [0.15, 0.2) is 48.1 Å². The van der Waals surface area contributed by atoms with Gasteiger partial charge in [-0.25, -0.2) is 0 Å². The first kappa shape index (κ1) is 10.1. The van der Waals surface area contributed by atoms with Gasteiger partial charge in [0.15, 0.2) is 0 Å². The average Bonchev–Trinajstić information content (AvgIpc) is 2.25. The van der Waals surface area contributed by atoms with Crippen molar-refractivity contribution in [2.45, 2.75) is 0 Å². The number of carbonyl (C=O) groups excluding carboxylic acids is 2. The second-order valence-corrected chi connectivity index (χ2v) is 2.67. The predicted molar refractivity (Wildman–Crippen MR) is 55.7 cm³/mol. The van der Waals surface area contributed by atoms with E-state index in [-0.39, 0.29) is 0 Å². The van der Waals surface area contributed by atoms with Gasteiger partial charge in [-0.3, -0.25) is 9.59 Å². The molecule has 1 rings (SSSR count). The molecule has 2 heteroatoms. The molecule has 0 saturated carbocycles. The summed E-state index contributed by atoms with van der Waals surface area (Å²) in [6.45, 7) is 0. The van der Waals surface area contributed by atoms with Crippen LogP contribution in [0.4, 0.5) is 0 Å². The van der Waals surface area contributed by atoms with Gasteiger partial charge in [-0.1, -0.05) is 30.3 Å². The van der Waals surface area contributed by atoms with E-state index in [2.05, 4.69) is 0 Å². The molecule has 1 aromatic rings. The van der Waals surface area contributed by atoms with E-state index in [1.165, 1.54) is 12.2 Å². The maximum absolute atomic E-state index is 10.6. The molecule has 0 saturated heterocycles.